The number of phenolic OH excluding ortho intramolecular Hbond substituents is 1. The predicted molar refractivity (Wildman–Crippen MR) is 192 cm³/mol. The van der Waals surface area contributed by atoms with Crippen LogP contribution in [0.5, 0.6) is 5.75 Å². The van der Waals surface area contributed by atoms with Gasteiger partial charge in [0.2, 0.25) is 23.6 Å². The summed E-state index contributed by atoms with van der Waals surface area (Å²) in [6.07, 6.45) is 3.70. The third-order valence-electron chi connectivity index (χ3n) is 9.18. The number of aryl methyl sites for hydroxylation is 2. The van der Waals surface area contributed by atoms with Gasteiger partial charge >= 0.3 is 5.63 Å². The number of hydrogen-bond donors (Lipinski definition) is 4. The number of aromatic nitrogens is 3. The minimum atomic E-state index is -1.10. The van der Waals surface area contributed by atoms with Gasteiger partial charge < -0.3 is 20.2 Å². The maximum absolute atomic E-state index is 13.3. The maximum atomic E-state index is 13.3. The first kappa shape index (κ1) is 35.4. The molecule has 274 valence electrons. The molecular formula is C38H33N7O9. The van der Waals surface area contributed by atoms with Crippen molar-refractivity contribution >= 4 is 57.8 Å². The predicted octanol–water partition coefficient (Wildman–Crippen LogP) is 3.54. The van der Waals surface area contributed by atoms with E-state index in [-0.39, 0.29) is 72.2 Å². The van der Waals surface area contributed by atoms with Gasteiger partial charge in [-0.1, -0.05) is 23.4 Å². The van der Waals surface area contributed by atoms with Crippen LogP contribution in [0.25, 0.3) is 22.1 Å². The van der Waals surface area contributed by atoms with Crippen LogP contribution in [-0.2, 0) is 32.1 Å². The van der Waals surface area contributed by atoms with Gasteiger partial charge in [0.05, 0.1) is 34.6 Å². The monoisotopic (exact) mass is 731 g/mol. The number of unbranched alkanes of at least 4 members (excludes halogenated alkanes) is 1. The SMILES string of the molecule is O=C1CCC(N2C(=O)c3cccc(NC(=O)CCCCc4cn(CCC(=O)Nc5ccc(-c6cc7ccc(O)cc7oc6=O)cc5)nn4)c3C2=O)C(=O)N1. The molecular weight excluding hydrogens is 698 g/mol. The van der Waals surface area contributed by atoms with Crippen LogP contribution in [-0.4, -0.2) is 66.5 Å². The lowest BCUT2D eigenvalue weighted by molar-refractivity contribution is -0.136. The van der Waals surface area contributed by atoms with Crippen molar-refractivity contribution in [2.75, 3.05) is 10.6 Å². The average molecular weight is 732 g/mol. The highest BCUT2D eigenvalue weighted by Crippen LogP contribution is 2.32. The summed E-state index contributed by atoms with van der Waals surface area (Å²) in [6.45, 7) is 0.288. The molecule has 5 aromatic rings. The minimum Gasteiger partial charge on any atom is -0.508 e. The number of benzene rings is 3. The lowest BCUT2D eigenvalue weighted by atomic mass is 10.0. The smallest absolute Gasteiger partial charge is 0.344 e. The molecule has 0 bridgehead atoms. The van der Waals surface area contributed by atoms with Crippen molar-refractivity contribution in [3.05, 3.63) is 100 Å². The number of carbonyl (C=O) groups excluding carboxylic acids is 6. The van der Waals surface area contributed by atoms with Gasteiger partial charge in [0.1, 0.15) is 17.4 Å². The quantitative estimate of drug-likeness (QED) is 0.0825. The molecule has 1 saturated heterocycles. The van der Waals surface area contributed by atoms with Crippen LogP contribution in [0.2, 0.25) is 0 Å². The molecule has 7 rings (SSSR count). The fourth-order valence-electron chi connectivity index (χ4n) is 6.46. The Morgan fingerprint density at radius 2 is 1.69 bits per heavy atom. The number of rotatable bonds is 12. The molecule has 16 heteroatoms. The topological polar surface area (TPSA) is 223 Å². The Labute approximate surface area is 306 Å². The summed E-state index contributed by atoms with van der Waals surface area (Å²) in [5, 5.41) is 26.2. The average Bonchev–Trinajstić information content (AvgIpc) is 3.71. The van der Waals surface area contributed by atoms with Crippen LogP contribution in [0.15, 0.2) is 82.1 Å². The van der Waals surface area contributed by atoms with Gasteiger partial charge in [-0.15, -0.1) is 5.10 Å². The van der Waals surface area contributed by atoms with E-state index >= 15 is 0 Å². The third kappa shape index (κ3) is 7.48. The number of piperidine rings is 1. The molecule has 6 amide bonds. The Hall–Kier alpha value is -6.97. The summed E-state index contributed by atoms with van der Waals surface area (Å²) < 4.78 is 6.91. The molecule has 4 heterocycles. The van der Waals surface area contributed by atoms with Gasteiger partial charge in [-0.05, 0) is 73.7 Å². The Morgan fingerprint density at radius 3 is 2.48 bits per heavy atom. The second-order valence-electron chi connectivity index (χ2n) is 12.9. The van der Waals surface area contributed by atoms with E-state index < -0.39 is 35.3 Å². The van der Waals surface area contributed by atoms with Crippen LogP contribution in [0.1, 0.15) is 64.9 Å². The van der Waals surface area contributed by atoms with Crippen molar-refractivity contribution in [2.45, 2.75) is 57.5 Å². The number of fused-ring (bicyclic) bond motifs is 2. The normalized spacial score (nSPS) is 15.3. The first-order valence-corrected chi connectivity index (χ1v) is 17.2. The fraction of sp³-hybridized carbons (Fsp3) is 0.237. The van der Waals surface area contributed by atoms with E-state index in [4.69, 9.17) is 4.42 Å². The molecule has 2 aliphatic rings. The third-order valence-corrected chi connectivity index (χ3v) is 9.18. The molecule has 54 heavy (non-hydrogen) atoms. The second-order valence-corrected chi connectivity index (χ2v) is 12.9. The van der Waals surface area contributed by atoms with Crippen LogP contribution >= 0.6 is 0 Å². The van der Waals surface area contributed by atoms with Gasteiger partial charge in [0.25, 0.3) is 11.8 Å². The Kier molecular flexibility index (Phi) is 9.81. The molecule has 0 saturated carbocycles. The van der Waals surface area contributed by atoms with E-state index in [1.54, 1.807) is 53.3 Å². The van der Waals surface area contributed by atoms with Crippen molar-refractivity contribution in [1.29, 1.82) is 0 Å². The molecule has 0 aliphatic carbocycles. The second kappa shape index (κ2) is 14.9. The summed E-state index contributed by atoms with van der Waals surface area (Å²) >= 11 is 0. The largest absolute Gasteiger partial charge is 0.508 e. The summed E-state index contributed by atoms with van der Waals surface area (Å²) in [5.41, 5.74) is 2.21. The molecule has 2 aliphatic heterocycles. The highest BCUT2D eigenvalue weighted by atomic mass is 16.4. The number of nitrogens with one attached hydrogen (secondary N) is 3. The first-order chi connectivity index (χ1) is 26.0. The Morgan fingerprint density at radius 1 is 0.889 bits per heavy atom. The van der Waals surface area contributed by atoms with E-state index in [0.717, 1.165) is 4.90 Å². The van der Waals surface area contributed by atoms with E-state index in [9.17, 15) is 38.7 Å². The molecule has 1 atom stereocenters. The summed E-state index contributed by atoms with van der Waals surface area (Å²) in [6, 6.07) is 16.4. The van der Waals surface area contributed by atoms with E-state index in [1.165, 1.54) is 24.3 Å². The zero-order chi connectivity index (χ0) is 37.9. The zero-order valence-corrected chi connectivity index (χ0v) is 28.7. The highest BCUT2D eigenvalue weighted by Gasteiger charge is 2.45. The Balaban J connectivity index is 0.847. The molecule has 4 N–H and O–H groups in total. The van der Waals surface area contributed by atoms with Crippen molar-refractivity contribution in [2.24, 2.45) is 0 Å². The van der Waals surface area contributed by atoms with Crippen LogP contribution < -0.4 is 21.6 Å². The summed E-state index contributed by atoms with van der Waals surface area (Å²) in [5.74, 6) is -3.13. The van der Waals surface area contributed by atoms with Crippen LogP contribution in [0.4, 0.5) is 11.4 Å². The van der Waals surface area contributed by atoms with Crippen molar-refractivity contribution < 1.29 is 38.3 Å². The minimum absolute atomic E-state index is 0.00149. The number of amides is 6. The number of anilines is 2. The number of phenols is 1. The fourth-order valence-corrected chi connectivity index (χ4v) is 6.46. The molecule has 0 radical (unpaired) electrons. The molecule has 2 aromatic heterocycles. The van der Waals surface area contributed by atoms with Gasteiger partial charge in [-0.3, -0.25) is 43.7 Å². The number of hydrogen-bond acceptors (Lipinski definition) is 11. The number of aromatic hydroxyl groups is 1. The molecule has 1 fully saturated rings. The molecule has 3 aromatic carbocycles. The number of imide groups is 2. The lowest BCUT2D eigenvalue weighted by Gasteiger charge is -2.27. The van der Waals surface area contributed by atoms with Crippen molar-refractivity contribution in [3.63, 3.8) is 0 Å². The van der Waals surface area contributed by atoms with E-state index in [2.05, 4.69) is 26.3 Å². The van der Waals surface area contributed by atoms with Gasteiger partial charge in [-0.2, -0.15) is 0 Å². The summed E-state index contributed by atoms with van der Waals surface area (Å²) in [4.78, 5) is 89.0. The van der Waals surface area contributed by atoms with Gasteiger partial charge in [0.15, 0.2) is 0 Å². The van der Waals surface area contributed by atoms with Gasteiger partial charge in [0, 0.05) is 42.6 Å². The van der Waals surface area contributed by atoms with Gasteiger partial charge in [-0.25, -0.2) is 4.79 Å². The summed E-state index contributed by atoms with van der Waals surface area (Å²) in [7, 11) is 0. The van der Waals surface area contributed by atoms with E-state index in [0.29, 0.717) is 47.2 Å². The van der Waals surface area contributed by atoms with Crippen molar-refractivity contribution in [1.82, 2.24) is 25.2 Å². The first-order valence-electron chi connectivity index (χ1n) is 17.2. The van der Waals surface area contributed by atoms with Crippen LogP contribution in [0.3, 0.4) is 0 Å². The lowest BCUT2D eigenvalue weighted by Crippen LogP contribution is -2.54. The molecule has 1 unspecified atom stereocenters. The van der Waals surface area contributed by atoms with E-state index in [1.807, 2.05) is 0 Å². The number of carbonyl (C=O) groups is 6. The molecule has 0 spiro atoms. The Bertz CT molecular complexity index is 2400. The number of nitrogens with zero attached hydrogens (tertiary/aromatic N) is 4. The standard InChI is InChI=1S/C38H33N7O9/c46-25-13-10-22-18-27(38(53)54-30(22)19-25)21-8-11-23(12-9-21)39-33(49)16-17-44-20-24(42-43-44)4-1-2-7-31(47)40-28-6-3-5-26-34(28)37(52)45(36(26)51)29-14-15-32(48)41-35(29)50/h3,5-6,8-13,18-20,29,46H,1-2,4,7,14-17H2,(H,39,49)(H,40,47)(H,41,48,50). The zero-order valence-electron chi connectivity index (χ0n) is 28.7. The van der Waals surface area contributed by atoms with Crippen LogP contribution in [0, 0.1) is 0 Å². The highest BCUT2D eigenvalue weighted by molar-refractivity contribution is 6.26. The van der Waals surface area contributed by atoms with Crippen molar-refractivity contribution in [3.8, 4) is 16.9 Å². The molecule has 16 nitrogen and oxygen atoms in total. The maximum Gasteiger partial charge on any atom is 0.344 e.